The van der Waals surface area contributed by atoms with Crippen molar-refractivity contribution < 1.29 is 8.42 Å². The second kappa shape index (κ2) is 4.75. The highest BCUT2D eigenvalue weighted by Crippen LogP contribution is 2.26. The average Bonchev–Trinajstić information content (AvgIpc) is 2.64. The van der Waals surface area contributed by atoms with E-state index >= 15 is 0 Å². The number of halogens is 1. The molecular formula is C11H13ClN4O2S. The third-order valence-corrected chi connectivity index (χ3v) is 4.35. The Balaban J connectivity index is 2.45. The molecule has 0 atom stereocenters. The minimum Gasteiger partial charge on any atom is -0.381 e. The number of nitrogens with zero attached hydrogens (tertiary/aromatic N) is 2. The maximum Gasteiger partial charge on any atom is 0.281 e. The summed E-state index contributed by atoms with van der Waals surface area (Å²) in [5.74, 6) is -0.0567. The van der Waals surface area contributed by atoms with E-state index in [1.54, 1.807) is 25.2 Å². The number of rotatable bonds is 3. The van der Waals surface area contributed by atoms with Gasteiger partial charge in [-0.05, 0) is 24.6 Å². The van der Waals surface area contributed by atoms with Crippen LogP contribution >= 0.6 is 11.6 Å². The molecule has 0 aliphatic carbocycles. The van der Waals surface area contributed by atoms with Gasteiger partial charge in [0.1, 0.15) is 0 Å². The van der Waals surface area contributed by atoms with Crippen LogP contribution in [0.1, 0.15) is 5.56 Å². The molecule has 1 aromatic heterocycles. The first-order valence-electron chi connectivity index (χ1n) is 5.37. The molecule has 0 aliphatic heterocycles. The Hall–Kier alpha value is -1.73. The molecular weight excluding hydrogens is 288 g/mol. The highest BCUT2D eigenvalue weighted by molar-refractivity contribution is 7.92. The average molecular weight is 301 g/mol. The summed E-state index contributed by atoms with van der Waals surface area (Å²) in [6, 6.07) is 5.06. The summed E-state index contributed by atoms with van der Waals surface area (Å²) in [5.41, 5.74) is 6.76. The number of aromatic nitrogens is 2. The van der Waals surface area contributed by atoms with Crippen molar-refractivity contribution in [3.05, 3.63) is 35.1 Å². The summed E-state index contributed by atoms with van der Waals surface area (Å²) in [5, 5.41) is 0.222. The smallest absolute Gasteiger partial charge is 0.281 e. The summed E-state index contributed by atoms with van der Waals surface area (Å²) in [6.07, 6.45) is 1.34. The second-order valence-electron chi connectivity index (χ2n) is 4.13. The van der Waals surface area contributed by atoms with E-state index in [2.05, 4.69) is 9.71 Å². The van der Waals surface area contributed by atoms with Crippen LogP contribution in [0.5, 0.6) is 0 Å². The molecule has 0 unspecified atom stereocenters. The van der Waals surface area contributed by atoms with Crippen molar-refractivity contribution in [2.75, 3.05) is 10.5 Å². The third kappa shape index (κ3) is 2.66. The Labute approximate surface area is 116 Å². The van der Waals surface area contributed by atoms with E-state index in [1.807, 2.05) is 6.92 Å². The first kappa shape index (κ1) is 13.7. The lowest BCUT2D eigenvalue weighted by Crippen LogP contribution is -2.17. The maximum absolute atomic E-state index is 12.3. The highest BCUT2D eigenvalue weighted by atomic mass is 35.5. The van der Waals surface area contributed by atoms with Crippen LogP contribution in [0.15, 0.2) is 29.6 Å². The Morgan fingerprint density at radius 3 is 2.68 bits per heavy atom. The van der Waals surface area contributed by atoms with Gasteiger partial charge in [-0.2, -0.15) is 8.42 Å². The molecule has 19 heavy (non-hydrogen) atoms. The number of hydrogen-bond donors (Lipinski definition) is 2. The molecule has 0 saturated heterocycles. The summed E-state index contributed by atoms with van der Waals surface area (Å²) in [6.45, 7) is 1.84. The molecule has 0 fully saturated rings. The molecule has 0 amide bonds. The standard InChI is InChI=1S/C11H13ClN4O2S/c1-7-3-4-8(12)9(5-7)15-19(17,18)11-10(13)14-6-16(11)2/h3-6,15H,13H2,1-2H3. The van der Waals surface area contributed by atoms with Gasteiger partial charge in [0, 0.05) is 7.05 Å². The van der Waals surface area contributed by atoms with E-state index in [9.17, 15) is 8.42 Å². The predicted molar refractivity (Wildman–Crippen MR) is 74.6 cm³/mol. The molecule has 8 heteroatoms. The van der Waals surface area contributed by atoms with Crippen molar-refractivity contribution in [2.45, 2.75) is 11.9 Å². The topological polar surface area (TPSA) is 90.0 Å². The fourth-order valence-corrected chi connectivity index (χ4v) is 3.20. The van der Waals surface area contributed by atoms with Gasteiger partial charge in [-0.1, -0.05) is 17.7 Å². The number of nitrogens with two attached hydrogens (primary N) is 1. The number of anilines is 2. The van der Waals surface area contributed by atoms with Crippen molar-refractivity contribution in [3.63, 3.8) is 0 Å². The summed E-state index contributed by atoms with van der Waals surface area (Å²) in [4.78, 5) is 3.75. The van der Waals surface area contributed by atoms with Crippen molar-refractivity contribution in [1.29, 1.82) is 0 Å². The molecule has 2 rings (SSSR count). The van der Waals surface area contributed by atoms with Gasteiger partial charge < -0.3 is 10.3 Å². The van der Waals surface area contributed by atoms with Crippen LogP contribution in [0.3, 0.4) is 0 Å². The van der Waals surface area contributed by atoms with Gasteiger partial charge in [-0.25, -0.2) is 4.98 Å². The van der Waals surface area contributed by atoms with Crippen molar-refractivity contribution >= 4 is 33.1 Å². The third-order valence-electron chi connectivity index (χ3n) is 2.53. The lowest BCUT2D eigenvalue weighted by molar-refractivity contribution is 0.592. The molecule has 1 aromatic carbocycles. The van der Waals surface area contributed by atoms with E-state index in [-0.39, 0.29) is 10.8 Å². The van der Waals surface area contributed by atoms with Gasteiger partial charge in [-0.3, -0.25) is 4.72 Å². The second-order valence-corrected chi connectivity index (χ2v) is 6.14. The molecule has 3 N–H and O–H groups in total. The van der Waals surface area contributed by atoms with Crippen molar-refractivity contribution in [1.82, 2.24) is 9.55 Å². The molecule has 102 valence electrons. The minimum absolute atomic E-state index is 0.0567. The summed E-state index contributed by atoms with van der Waals surface area (Å²) >= 11 is 5.96. The molecule has 2 aromatic rings. The zero-order valence-electron chi connectivity index (χ0n) is 10.4. The SMILES string of the molecule is Cc1ccc(Cl)c(NS(=O)(=O)c2c(N)ncn2C)c1. The van der Waals surface area contributed by atoms with Crippen LogP contribution in [0.25, 0.3) is 0 Å². The fraction of sp³-hybridized carbons (Fsp3) is 0.182. The predicted octanol–water partition coefficient (Wildman–Crippen LogP) is 1.76. The quantitative estimate of drug-likeness (QED) is 0.904. The van der Waals surface area contributed by atoms with Crippen LogP contribution in [-0.2, 0) is 17.1 Å². The maximum atomic E-state index is 12.3. The number of aryl methyl sites for hydroxylation is 2. The van der Waals surface area contributed by atoms with E-state index in [0.717, 1.165) is 5.56 Å². The van der Waals surface area contributed by atoms with Crippen LogP contribution in [-0.4, -0.2) is 18.0 Å². The molecule has 0 bridgehead atoms. The van der Waals surface area contributed by atoms with E-state index < -0.39 is 10.0 Å². The number of nitrogens with one attached hydrogen (secondary N) is 1. The number of imidazole rings is 1. The van der Waals surface area contributed by atoms with Gasteiger partial charge in [0.05, 0.1) is 17.0 Å². The summed E-state index contributed by atoms with van der Waals surface area (Å²) in [7, 11) is -2.28. The molecule has 0 saturated carbocycles. The van der Waals surface area contributed by atoms with Crippen LogP contribution in [0, 0.1) is 6.92 Å². The molecule has 0 aliphatic rings. The van der Waals surface area contributed by atoms with E-state index in [0.29, 0.717) is 10.7 Å². The highest BCUT2D eigenvalue weighted by Gasteiger charge is 2.23. The molecule has 1 heterocycles. The zero-order chi connectivity index (χ0) is 14.2. The van der Waals surface area contributed by atoms with Crippen molar-refractivity contribution in [2.24, 2.45) is 7.05 Å². The zero-order valence-corrected chi connectivity index (χ0v) is 12.0. The van der Waals surface area contributed by atoms with Crippen molar-refractivity contribution in [3.8, 4) is 0 Å². The number of nitrogen functional groups attached to an aromatic ring is 1. The van der Waals surface area contributed by atoms with Crippen LogP contribution in [0.2, 0.25) is 5.02 Å². The Bertz CT molecular complexity index is 705. The summed E-state index contributed by atoms with van der Waals surface area (Å²) < 4.78 is 28.3. The van der Waals surface area contributed by atoms with E-state index in [1.165, 1.54) is 10.9 Å². The van der Waals surface area contributed by atoms with Crippen LogP contribution < -0.4 is 10.5 Å². The normalized spacial score (nSPS) is 11.5. The van der Waals surface area contributed by atoms with Gasteiger partial charge in [0.15, 0.2) is 10.8 Å². The van der Waals surface area contributed by atoms with Gasteiger partial charge in [0.2, 0.25) is 0 Å². The molecule has 0 spiro atoms. The Morgan fingerprint density at radius 2 is 2.11 bits per heavy atom. The van der Waals surface area contributed by atoms with E-state index in [4.69, 9.17) is 17.3 Å². The monoisotopic (exact) mass is 300 g/mol. The fourth-order valence-electron chi connectivity index (χ4n) is 1.67. The van der Waals surface area contributed by atoms with Gasteiger partial charge >= 0.3 is 0 Å². The number of benzene rings is 1. The largest absolute Gasteiger partial charge is 0.381 e. The first-order valence-corrected chi connectivity index (χ1v) is 7.23. The minimum atomic E-state index is -3.83. The van der Waals surface area contributed by atoms with Gasteiger partial charge in [0.25, 0.3) is 10.0 Å². The lowest BCUT2D eigenvalue weighted by Gasteiger charge is -2.11. The van der Waals surface area contributed by atoms with Crippen LogP contribution in [0.4, 0.5) is 11.5 Å². The molecule has 6 nitrogen and oxygen atoms in total. The Kier molecular flexibility index (Phi) is 3.42. The lowest BCUT2D eigenvalue weighted by atomic mass is 10.2. The Morgan fingerprint density at radius 1 is 1.42 bits per heavy atom. The number of sulfonamides is 1. The van der Waals surface area contributed by atoms with Gasteiger partial charge in [-0.15, -0.1) is 0 Å². The first-order chi connectivity index (χ1) is 8.81. The number of hydrogen-bond acceptors (Lipinski definition) is 4. The molecule has 0 radical (unpaired) electrons.